The molecule has 2 fully saturated rings. The molecule has 148 valence electrons. The monoisotopic (exact) mass is 404 g/mol. The number of carbonyl (C=O) groups is 1. The van der Waals surface area contributed by atoms with Gasteiger partial charge in [0.2, 0.25) is 10.0 Å². The van der Waals surface area contributed by atoms with E-state index in [-0.39, 0.29) is 29.3 Å². The Morgan fingerprint density at radius 1 is 1.27 bits per heavy atom. The number of piperidine rings is 1. The number of aromatic nitrogens is 1. The fraction of sp³-hybridized carbons (Fsp3) is 0.706. The Balaban J connectivity index is 0.00000243. The number of hydrogen-bond donors (Lipinski definition) is 1. The summed E-state index contributed by atoms with van der Waals surface area (Å²) in [7, 11) is -1.81. The molecule has 0 aliphatic carbocycles. The fourth-order valence-electron chi connectivity index (χ4n) is 3.69. The minimum Gasteiger partial charge on any atom is -0.345 e. The predicted molar refractivity (Wildman–Crippen MR) is 103 cm³/mol. The van der Waals surface area contributed by atoms with Crippen LogP contribution in [0.4, 0.5) is 0 Å². The van der Waals surface area contributed by atoms with Crippen LogP contribution in [0.3, 0.4) is 0 Å². The topological polar surface area (TPSA) is 74.7 Å². The highest BCUT2D eigenvalue weighted by Crippen LogP contribution is 2.25. The van der Waals surface area contributed by atoms with E-state index in [2.05, 4.69) is 12.2 Å². The maximum absolute atomic E-state index is 12.9. The Morgan fingerprint density at radius 2 is 2.00 bits per heavy atom. The minimum absolute atomic E-state index is 0. The van der Waals surface area contributed by atoms with E-state index in [9.17, 15) is 13.2 Å². The highest BCUT2D eigenvalue weighted by atomic mass is 35.5. The second-order valence-electron chi connectivity index (χ2n) is 7.33. The maximum atomic E-state index is 12.9. The van der Waals surface area contributed by atoms with Crippen LogP contribution in [0, 0.1) is 5.92 Å². The summed E-state index contributed by atoms with van der Waals surface area (Å²) in [5.74, 6) is 0.264. The average molecular weight is 405 g/mol. The molecular formula is C17H29ClN4O3S. The number of hydrogen-bond acceptors (Lipinski definition) is 4. The lowest BCUT2D eigenvalue weighted by Crippen LogP contribution is -2.52. The number of piperazine rings is 1. The van der Waals surface area contributed by atoms with Gasteiger partial charge in [0.05, 0.1) is 0 Å². The molecule has 1 amide bonds. The second-order valence-corrected chi connectivity index (χ2v) is 9.27. The highest BCUT2D eigenvalue weighted by molar-refractivity contribution is 7.89. The van der Waals surface area contributed by atoms with Crippen molar-refractivity contribution in [2.24, 2.45) is 13.0 Å². The normalized spacial score (nSPS) is 25.0. The number of nitrogens with zero attached hydrogens (tertiary/aromatic N) is 3. The largest absolute Gasteiger partial charge is 0.345 e. The molecule has 0 aromatic carbocycles. The van der Waals surface area contributed by atoms with Crippen molar-refractivity contribution >= 4 is 28.3 Å². The van der Waals surface area contributed by atoms with E-state index >= 15 is 0 Å². The third-order valence-corrected chi connectivity index (χ3v) is 7.05. The van der Waals surface area contributed by atoms with Gasteiger partial charge < -0.3 is 14.8 Å². The molecule has 3 heterocycles. The summed E-state index contributed by atoms with van der Waals surface area (Å²) in [4.78, 5) is 14.9. The summed E-state index contributed by atoms with van der Waals surface area (Å²) in [6.45, 7) is 7.34. The highest BCUT2D eigenvalue weighted by Gasteiger charge is 2.32. The molecule has 2 aliphatic rings. The van der Waals surface area contributed by atoms with Crippen molar-refractivity contribution in [3.63, 3.8) is 0 Å². The Labute approximate surface area is 162 Å². The van der Waals surface area contributed by atoms with Gasteiger partial charge >= 0.3 is 0 Å². The number of carbonyl (C=O) groups excluding carboxylic acids is 1. The van der Waals surface area contributed by atoms with Crippen LogP contribution in [0.1, 0.15) is 37.2 Å². The number of aryl methyl sites for hydroxylation is 1. The number of rotatable bonds is 3. The van der Waals surface area contributed by atoms with Crippen molar-refractivity contribution in [1.29, 1.82) is 0 Å². The van der Waals surface area contributed by atoms with Crippen LogP contribution in [0.15, 0.2) is 17.2 Å². The van der Waals surface area contributed by atoms with Crippen molar-refractivity contribution in [3.8, 4) is 0 Å². The zero-order chi connectivity index (χ0) is 18.2. The quantitative estimate of drug-likeness (QED) is 0.824. The van der Waals surface area contributed by atoms with Gasteiger partial charge in [-0.1, -0.05) is 6.92 Å². The van der Waals surface area contributed by atoms with E-state index in [0.29, 0.717) is 31.2 Å². The molecule has 9 heteroatoms. The van der Waals surface area contributed by atoms with Gasteiger partial charge in [0.1, 0.15) is 10.6 Å². The molecule has 1 unspecified atom stereocenters. The van der Waals surface area contributed by atoms with Crippen molar-refractivity contribution in [2.75, 3.05) is 32.7 Å². The summed E-state index contributed by atoms with van der Waals surface area (Å²) in [5.41, 5.74) is 0.428. The van der Waals surface area contributed by atoms with Crippen LogP contribution in [-0.2, 0) is 17.1 Å². The molecule has 1 N–H and O–H groups in total. The summed E-state index contributed by atoms with van der Waals surface area (Å²) in [5, 5.41) is 3.26. The average Bonchev–Trinajstić information content (AvgIpc) is 2.97. The third-order valence-electron chi connectivity index (χ3n) is 5.22. The van der Waals surface area contributed by atoms with Crippen molar-refractivity contribution < 1.29 is 13.2 Å². The molecule has 2 saturated heterocycles. The first-order valence-corrected chi connectivity index (χ1v) is 10.4. The number of sulfonamides is 1. The Hall–Kier alpha value is -1.09. The summed E-state index contributed by atoms with van der Waals surface area (Å²) >= 11 is 0. The van der Waals surface area contributed by atoms with E-state index in [1.165, 1.54) is 6.07 Å². The molecule has 0 saturated carbocycles. The first kappa shape index (κ1) is 21.2. The Bertz CT molecular complexity index is 749. The van der Waals surface area contributed by atoms with Gasteiger partial charge in [0.15, 0.2) is 0 Å². The maximum Gasteiger partial charge on any atom is 0.270 e. The Morgan fingerprint density at radius 3 is 2.65 bits per heavy atom. The zero-order valence-electron chi connectivity index (χ0n) is 15.6. The first-order chi connectivity index (χ1) is 11.8. The van der Waals surface area contributed by atoms with Crippen LogP contribution in [-0.4, -0.2) is 66.9 Å². The van der Waals surface area contributed by atoms with Crippen molar-refractivity contribution in [2.45, 2.75) is 37.6 Å². The summed E-state index contributed by atoms with van der Waals surface area (Å²) in [6, 6.07) is 1.63. The molecule has 0 radical (unpaired) electrons. The number of nitrogens with one attached hydrogen (secondary N) is 1. The van der Waals surface area contributed by atoms with Crippen molar-refractivity contribution in [1.82, 2.24) is 19.1 Å². The number of amides is 1. The molecule has 7 nitrogen and oxygen atoms in total. The van der Waals surface area contributed by atoms with Gasteiger partial charge in [-0.25, -0.2) is 8.42 Å². The van der Waals surface area contributed by atoms with E-state index in [4.69, 9.17) is 0 Å². The minimum atomic E-state index is -3.54. The van der Waals surface area contributed by atoms with E-state index < -0.39 is 10.0 Å². The lowest BCUT2D eigenvalue weighted by atomic mass is 10.0. The van der Waals surface area contributed by atoms with Crippen LogP contribution < -0.4 is 5.32 Å². The zero-order valence-corrected chi connectivity index (χ0v) is 17.3. The number of halogens is 1. The summed E-state index contributed by atoms with van der Waals surface area (Å²) < 4.78 is 29.1. The predicted octanol–water partition coefficient (Wildman–Crippen LogP) is 1.30. The molecule has 1 aromatic heterocycles. The van der Waals surface area contributed by atoms with E-state index in [0.717, 1.165) is 25.9 Å². The van der Waals surface area contributed by atoms with Gasteiger partial charge in [0, 0.05) is 52.0 Å². The van der Waals surface area contributed by atoms with Crippen molar-refractivity contribution in [3.05, 3.63) is 18.0 Å². The van der Waals surface area contributed by atoms with Gasteiger partial charge in [-0.05, 0) is 31.7 Å². The van der Waals surface area contributed by atoms with Crippen LogP contribution >= 0.6 is 12.4 Å². The second kappa shape index (κ2) is 8.29. The summed E-state index contributed by atoms with van der Waals surface area (Å²) in [6.07, 6.45) is 3.51. The molecule has 26 heavy (non-hydrogen) atoms. The van der Waals surface area contributed by atoms with E-state index in [1.54, 1.807) is 22.1 Å². The van der Waals surface area contributed by atoms with Crippen LogP contribution in [0.25, 0.3) is 0 Å². The van der Waals surface area contributed by atoms with E-state index in [1.807, 2.05) is 11.8 Å². The molecule has 2 aliphatic heterocycles. The molecule has 0 bridgehead atoms. The standard InChI is InChI=1S/C17H28N4O3S.ClH/c1-13-5-4-7-20(11-13)25(23,24)15-9-16(19(3)12-15)17(22)21-8-6-18-10-14(21)2;/h9,12-14,18H,4-8,10-11H2,1-3H3;1H/t13?,14-;/m1./s1. The molecule has 3 rings (SSSR count). The lowest BCUT2D eigenvalue weighted by Gasteiger charge is -2.34. The first-order valence-electron chi connectivity index (χ1n) is 8.99. The van der Waals surface area contributed by atoms with Crippen LogP contribution in [0.5, 0.6) is 0 Å². The smallest absolute Gasteiger partial charge is 0.270 e. The molecule has 0 spiro atoms. The Kier molecular flexibility index (Phi) is 6.76. The van der Waals surface area contributed by atoms with Crippen LogP contribution in [0.2, 0.25) is 0 Å². The van der Waals surface area contributed by atoms with Gasteiger partial charge in [-0.2, -0.15) is 4.31 Å². The van der Waals surface area contributed by atoms with Gasteiger partial charge in [0.25, 0.3) is 5.91 Å². The SMILES string of the molecule is CC1CCCN(S(=O)(=O)c2cc(C(=O)N3CCNC[C@H]3C)n(C)c2)C1.Cl. The van der Waals surface area contributed by atoms with Gasteiger partial charge in [-0.3, -0.25) is 4.79 Å². The lowest BCUT2D eigenvalue weighted by molar-refractivity contribution is 0.0646. The fourth-order valence-corrected chi connectivity index (χ4v) is 5.36. The molecule has 2 atom stereocenters. The third kappa shape index (κ3) is 4.08. The molecular weight excluding hydrogens is 376 g/mol. The molecule has 1 aromatic rings. The van der Waals surface area contributed by atoms with Gasteiger partial charge in [-0.15, -0.1) is 12.4 Å².